The van der Waals surface area contributed by atoms with E-state index in [4.69, 9.17) is 4.74 Å². The van der Waals surface area contributed by atoms with Gasteiger partial charge in [-0.3, -0.25) is 0 Å². The van der Waals surface area contributed by atoms with Gasteiger partial charge in [-0.25, -0.2) is 4.79 Å². The van der Waals surface area contributed by atoms with Gasteiger partial charge in [0.25, 0.3) is 0 Å². The van der Waals surface area contributed by atoms with E-state index >= 15 is 0 Å². The number of methoxy groups -OCH3 is 1. The third kappa shape index (κ3) is 3.70. The first-order valence-electron chi connectivity index (χ1n) is 6.55. The van der Waals surface area contributed by atoms with Gasteiger partial charge in [0.15, 0.2) is 0 Å². The molecule has 4 heteroatoms. The molecule has 0 saturated heterocycles. The average molecular weight is 264 g/mol. The maximum Gasteiger partial charge on any atom is 0.327 e. The molecule has 1 N–H and O–H groups in total. The van der Waals surface area contributed by atoms with Gasteiger partial charge < -0.3 is 15.0 Å². The van der Waals surface area contributed by atoms with Crippen LogP contribution in [-0.2, 0) is 9.53 Å². The fourth-order valence-electron chi connectivity index (χ4n) is 2.06. The second kappa shape index (κ2) is 6.57. The quantitative estimate of drug-likeness (QED) is 0.798. The zero-order chi connectivity index (χ0) is 14.5. The van der Waals surface area contributed by atoms with Crippen LogP contribution in [0.4, 0.5) is 5.69 Å². The number of esters is 1. The van der Waals surface area contributed by atoms with Crippen LogP contribution in [-0.4, -0.2) is 38.8 Å². The minimum absolute atomic E-state index is 0.249. The standard InChI is InChI=1S/C15H24N2O2/c1-6-17(13-9-7-8-12(2)10-13)11-15(3,16-4)14(18)19-5/h7-10,16H,6,11H2,1-5H3. The van der Waals surface area contributed by atoms with E-state index in [1.54, 1.807) is 7.05 Å². The number of hydrogen-bond donors (Lipinski definition) is 1. The first kappa shape index (κ1) is 15.5. The maximum absolute atomic E-state index is 11.9. The van der Waals surface area contributed by atoms with Crippen molar-refractivity contribution in [2.45, 2.75) is 26.3 Å². The minimum Gasteiger partial charge on any atom is -0.468 e. The van der Waals surface area contributed by atoms with Crippen molar-refractivity contribution in [3.05, 3.63) is 29.8 Å². The van der Waals surface area contributed by atoms with Crippen molar-refractivity contribution < 1.29 is 9.53 Å². The number of anilines is 1. The summed E-state index contributed by atoms with van der Waals surface area (Å²) in [4.78, 5) is 14.1. The van der Waals surface area contributed by atoms with Crippen LogP contribution in [0.5, 0.6) is 0 Å². The highest BCUT2D eigenvalue weighted by atomic mass is 16.5. The molecule has 0 bridgehead atoms. The van der Waals surface area contributed by atoms with Crippen molar-refractivity contribution in [3.8, 4) is 0 Å². The van der Waals surface area contributed by atoms with Gasteiger partial charge >= 0.3 is 5.97 Å². The highest BCUT2D eigenvalue weighted by Crippen LogP contribution is 2.19. The molecule has 0 fully saturated rings. The lowest BCUT2D eigenvalue weighted by Gasteiger charge is -2.34. The van der Waals surface area contributed by atoms with Crippen LogP contribution in [0.1, 0.15) is 19.4 Å². The molecule has 1 aromatic carbocycles. The van der Waals surface area contributed by atoms with Crippen molar-refractivity contribution >= 4 is 11.7 Å². The molecule has 0 aliphatic heterocycles. The normalized spacial score (nSPS) is 13.7. The molecule has 1 atom stereocenters. The predicted molar refractivity (Wildman–Crippen MR) is 78.5 cm³/mol. The summed E-state index contributed by atoms with van der Waals surface area (Å²) in [5.74, 6) is -0.249. The van der Waals surface area contributed by atoms with E-state index in [1.807, 2.05) is 13.0 Å². The third-order valence-electron chi connectivity index (χ3n) is 3.44. The average Bonchev–Trinajstić information content (AvgIpc) is 2.43. The second-order valence-electron chi connectivity index (χ2n) is 4.93. The fraction of sp³-hybridized carbons (Fsp3) is 0.533. The van der Waals surface area contributed by atoms with Crippen LogP contribution in [0, 0.1) is 6.92 Å². The minimum atomic E-state index is -0.714. The van der Waals surface area contributed by atoms with Gasteiger partial charge in [-0.1, -0.05) is 12.1 Å². The lowest BCUT2D eigenvalue weighted by molar-refractivity contribution is -0.147. The first-order valence-corrected chi connectivity index (χ1v) is 6.55. The van der Waals surface area contributed by atoms with Gasteiger partial charge in [-0.15, -0.1) is 0 Å². The van der Waals surface area contributed by atoms with Crippen LogP contribution >= 0.6 is 0 Å². The number of nitrogens with zero attached hydrogens (tertiary/aromatic N) is 1. The molecule has 0 aliphatic rings. The maximum atomic E-state index is 11.9. The molecule has 0 heterocycles. The van der Waals surface area contributed by atoms with Gasteiger partial charge in [0, 0.05) is 18.8 Å². The van der Waals surface area contributed by atoms with Gasteiger partial charge in [-0.2, -0.15) is 0 Å². The van der Waals surface area contributed by atoms with Crippen LogP contribution in [0.15, 0.2) is 24.3 Å². The Balaban J connectivity index is 2.95. The number of aryl methyl sites for hydroxylation is 1. The number of rotatable bonds is 6. The monoisotopic (exact) mass is 264 g/mol. The first-order chi connectivity index (χ1) is 8.96. The molecule has 1 rings (SSSR count). The molecule has 1 aromatic rings. The molecule has 4 nitrogen and oxygen atoms in total. The van der Waals surface area contributed by atoms with E-state index in [2.05, 4.69) is 42.3 Å². The van der Waals surface area contributed by atoms with E-state index in [-0.39, 0.29) is 5.97 Å². The van der Waals surface area contributed by atoms with E-state index in [0.29, 0.717) is 6.54 Å². The Bertz CT molecular complexity index is 434. The van der Waals surface area contributed by atoms with Crippen LogP contribution in [0.2, 0.25) is 0 Å². The number of benzene rings is 1. The van der Waals surface area contributed by atoms with E-state index < -0.39 is 5.54 Å². The Morgan fingerprint density at radius 1 is 1.47 bits per heavy atom. The smallest absolute Gasteiger partial charge is 0.327 e. The molecule has 19 heavy (non-hydrogen) atoms. The largest absolute Gasteiger partial charge is 0.468 e. The van der Waals surface area contributed by atoms with Crippen LogP contribution in [0.3, 0.4) is 0 Å². The van der Waals surface area contributed by atoms with E-state index in [0.717, 1.165) is 12.2 Å². The molecule has 1 unspecified atom stereocenters. The van der Waals surface area contributed by atoms with Crippen LogP contribution < -0.4 is 10.2 Å². The third-order valence-corrected chi connectivity index (χ3v) is 3.44. The molecule has 0 aliphatic carbocycles. The van der Waals surface area contributed by atoms with E-state index in [9.17, 15) is 4.79 Å². The molecule has 0 amide bonds. The molecular formula is C15H24N2O2. The summed E-state index contributed by atoms with van der Waals surface area (Å²) in [6.45, 7) is 7.40. The summed E-state index contributed by atoms with van der Waals surface area (Å²) >= 11 is 0. The number of hydrogen-bond acceptors (Lipinski definition) is 4. The zero-order valence-corrected chi connectivity index (χ0v) is 12.5. The Morgan fingerprint density at radius 3 is 2.63 bits per heavy atom. The van der Waals surface area contributed by atoms with Gasteiger partial charge in [0.2, 0.25) is 0 Å². The summed E-state index contributed by atoms with van der Waals surface area (Å²) in [6.07, 6.45) is 0. The van der Waals surface area contributed by atoms with Gasteiger partial charge in [-0.05, 0) is 45.5 Å². The van der Waals surface area contributed by atoms with Crippen molar-refractivity contribution in [3.63, 3.8) is 0 Å². The van der Waals surface area contributed by atoms with Gasteiger partial charge in [0.1, 0.15) is 5.54 Å². The molecule has 0 radical (unpaired) electrons. The summed E-state index contributed by atoms with van der Waals surface area (Å²) in [5, 5.41) is 3.06. The SMILES string of the molecule is CCN(CC(C)(NC)C(=O)OC)c1cccc(C)c1. The summed E-state index contributed by atoms with van der Waals surface area (Å²) < 4.78 is 4.88. The number of nitrogens with one attached hydrogen (secondary N) is 1. The molecule has 106 valence electrons. The Kier molecular flexibility index (Phi) is 5.36. The van der Waals surface area contributed by atoms with E-state index in [1.165, 1.54) is 12.7 Å². The Hall–Kier alpha value is -1.55. The summed E-state index contributed by atoms with van der Waals surface area (Å²) in [7, 11) is 3.20. The number of likely N-dealkylation sites (N-methyl/N-ethyl adjacent to an activating group) is 2. The van der Waals surface area contributed by atoms with Crippen molar-refractivity contribution in [1.29, 1.82) is 0 Å². The lowest BCUT2D eigenvalue weighted by atomic mass is 10.0. The molecule has 0 aromatic heterocycles. The number of ether oxygens (including phenoxy) is 1. The Morgan fingerprint density at radius 2 is 2.16 bits per heavy atom. The van der Waals surface area contributed by atoms with Crippen LogP contribution in [0.25, 0.3) is 0 Å². The van der Waals surface area contributed by atoms with Gasteiger partial charge in [0.05, 0.1) is 7.11 Å². The van der Waals surface area contributed by atoms with Crippen molar-refractivity contribution in [2.75, 3.05) is 32.1 Å². The topological polar surface area (TPSA) is 41.6 Å². The highest BCUT2D eigenvalue weighted by Gasteiger charge is 2.34. The highest BCUT2D eigenvalue weighted by molar-refractivity contribution is 5.81. The summed E-state index contributed by atoms with van der Waals surface area (Å²) in [6, 6.07) is 8.28. The molecular weight excluding hydrogens is 240 g/mol. The zero-order valence-electron chi connectivity index (χ0n) is 12.5. The fourth-order valence-corrected chi connectivity index (χ4v) is 2.06. The molecule has 0 saturated carbocycles. The van der Waals surface area contributed by atoms with Crippen molar-refractivity contribution in [2.24, 2.45) is 0 Å². The Labute approximate surface area is 115 Å². The predicted octanol–water partition coefficient (Wildman–Crippen LogP) is 1.97. The molecule has 0 spiro atoms. The second-order valence-corrected chi connectivity index (χ2v) is 4.93. The number of carbonyl (C=O) groups excluding carboxylic acids is 1. The summed E-state index contributed by atoms with van der Waals surface area (Å²) in [5.41, 5.74) is 1.61. The number of carbonyl (C=O) groups is 1. The lowest BCUT2D eigenvalue weighted by Crippen LogP contribution is -2.56. The van der Waals surface area contributed by atoms with Crippen molar-refractivity contribution in [1.82, 2.24) is 5.32 Å².